The summed E-state index contributed by atoms with van der Waals surface area (Å²) in [4.78, 5) is 50.5. The van der Waals surface area contributed by atoms with Crippen molar-refractivity contribution in [2.75, 3.05) is 23.6 Å². The van der Waals surface area contributed by atoms with E-state index in [1.54, 1.807) is 7.05 Å². The van der Waals surface area contributed by atoms with Crippen LogP contribution in [0.5, 0.6) is 0 Å². The zero-order valence-corrected chi connectivity index (χ0v) is 20.6. The standard InChI is InChI=1S/C21H26N10O5.ClH/c1-28-9-12(6-15(28)18(32)24-4-5-25-21(22)23)26-19(33)16-7-13(10-29(16)2)27-20(34)17-8-14(31(35)36)11-30(17)3;/h6-11H,4-5H2,1-3H3,(H,24,32)(H,26,33)(H,27,34)(H4,22,23,25);1H/i4D2,5D2;. The van der Waals surface area contributed by atoms with Crippen molar-refractivity contribution in [3.05, 3.63) is 64.0 Å². The molecule has 16 heteroatoms. The van der Waals surface area contributed by atoms with Crippen molar-refractivity contribution in [2.45, 2.75) is 0 Å². The average Bonchev–Trinajstić information content (AvgIpc) is 3.48. The molecule has 3 rings (SSSR count). The van der Waals surface area contributed by atoms with E-state index in [0.29, 0.717) is 0 Å². The highest BCUT2D eigenvalue weighted by molar-refractivity contribution is 6.07. The van der Waals surface area contributed by atoms with E-state index in [1.165, 1.54) is 58.5 Å². The first kappa shape index (κ1) is 22.7. The van der Waals surface area contributed by atoms with Gasteiger partial charge < -0.3 is 42.1 Å². The number of nitrogens with zero attached hydrogens (tertiary/aromatic N) is 4. The van der Waals surface area contributed by atoms with Crippen LogP contribution in [0.25, 0.3) is 0 Å². The minimum Gasteiger partial charge on any atom is -1.00 e. The molecule has 3 amide bonds. The summed E-state index contributed by atoms with van der Waals surface area (Å²) < 4.78 is 35.4. The second-order valence-electron chi connectivity index (χ2n) is 7.59. The number of aromatic nitrogens is 3. The van der Waals surface area contributed by atoms with Crippen molar-refractivity contribution in [3.63, 3.8) is 0 Å². The van der Waals surface area contributed by atoms with Crippen LogP contribution in [0.2, 0.25) is 0 Å². The minimum atomic E-state index is -2.93. The van der Waals surface area contributed by atoms with Crippen molar-refractivity contribution >= 4 is 40.7 Å². The highest BCUT2D eigenvalue weighted by atomic mass is 35.5. The molecule has 0 unspecified atom stereocenters. The number of hydrogen-bond donors (Lipinski definition) is 6. The Morgan fingerprint density at radius 1 is 0.919 bits per heavy atom. The molecule has 0 radical (unpaired) electrons. The fourth-order valence-corrected chi connectivity index (χ4v) is 3.24. The van der Waals surface area contributed by atoms with Crippen molar-refractivity contribution in [1.82, 2.24) is 19.0 Å². The second kappa shape index (κ2) is 11.8. The van der Waals surface area contributed by atoms with Crippen LogP contribution < -0.4 is 44.8 Å². The summed E-state index contributed by atoms with van der Waals surface area (Å²) in [6.45, 7) is -5.78. The van der Waals surface area contributed by atoms with E-state index in [1.807, 2.05) is 10.3 Å². The second-order valence-corrected chi connectivity index (χ2v) is 7.59. The zero-order chi connectivity index (χ0) is 30.2. The first-order chi connectivity index (χ1) is 18.4. The van der Waals surface area contributed by atoms with Crippen molar-refractivity contribution in [2.24, 2.45) is 32.6 Å². The van der Waals surface area contributed by atoms with Gasteiger partial charge in [-0.2, -0.15) is 0 Å². The molecule has 0 fully saturated rings. The molecular weight excluding hydrogens is 508 g/mol. The molecule has 37 heavy (non-hydrogen) atoms. The topological polar surface area (TPSA) is 211 Å². The molecule has 0 bridgehead atoms. The van der Waals surface area contributed by atoms with Gasteiger partial charge in [-0.1, -0.05) is 0 Å². The maximum atomic E-state index is 12.9. The van der Waals surface area contributed by atoms with E-state index in [4.69, 9.17) is 17.0 Å². The Labute approximate surface area is 222 Å². The molecule has 3 aromatic rings. The lowest BCUT2D eigenvalue weighted by Gasteiger charge is -2.03. The molecule has 15 nitrogen and oxygen atoms in total. The zero-order valence-electron chi connectivity index (χ0n) is 23.8. The quantitative estimate of drug-likeness (QED) is 0.0676. The van der Waals surface area contributed by atoms with Gasteiger partial charge in [-0.05, 0) is 12.1 Å². The van der Waals surface area contributed by atoms with E-state index in [-0.39, 0.29) is 46.6 Å². The Hall–Kier alpha value is -4.79. The number of amides is 3. The van der Waals surface area contributed by atoms with E-state index < -0.39 is 41.6 Å². The summed E-state index contributed by atoms with van der Waals surface area (Å²) in [5.41, 5.74) is 10.6. The Bertz CT molecular complexity index is 1540. The third-order valence-corrected chi connectivity index (χ3v) is 4.87. The lowest BCUT2D eigenvalue weighted by Crippen LogP contribution is -3.00. The van der Waals surface area contributed by atoms with Gasteiger partial charge in [0.25, 0.3) is 23.4 Å². The van der Waals surface area contributed by atoms with Gasteiger partial charge in [0.05, 0.1) is 34.5 Å². The molecule has 0 aliphatic heterocycles. The van der Waals surface area contributed by atoms with Gasteiger partial charge in [0.1, 0.15) is 17.1 Å². The molecule has 3 aromatic heterocycles. The van der Waals surface area contributed by atoms with Gasteiger partial charge in [0.2, 0.25) is 0 Å². The molecule has 198 valence electrons. The number of rotatable bonds is 9. The predicted molar refractivity (Wildman–Crippen MR) is 130 cm³/mol. The minimum absolute atomic E-state index is 0. The average molecular weight is 539 g/mol. The van der Waals surface area contributed by atoms with Crippen molar-refractivity contribution in [3.8, 4) is 0 Å². The Kier molecular flexibility index (Phi) is 7.20. The lowest BCUT2D eigenvalue weighted by atomic mass is 10.3. The van der Waals surface area contributed by atoms with Crippen molar-refractivity contribution < 1.29 is 42.2 Å². The molecule has 0 aromatic carbocycles. The molecule has 0 aliphatic rings. The number of carbonyl (C=O) groups excluding carboxylic acids is 3. The van der Waals surface area contributed by atoms with Gasteiger partial charge in [0.15, 0.2) is 0 Å². The maximum Gasteiger partial charge on any atom is 0.338 e. The Morgan fingerprint density at radius 2 is 1.38 bits per heavy atom. The summed E-state index contributed by atoms with van der Waals surface area (Å²) in [6, 6.07) is 3.76. The van der Waals surface area contributed by atoms with Crippen LogP contribution in [-0.4, -0.2) is 55.3 Å². The van der Waals surface area contributed by atoms with Crippen LogP contribution in [0.15, 0.2) is 36.8 Å². The van der Waals surface area contributed by atoms with Crippen LogP contribution in [0.4, 0.5) is 17.1 Å². The highest BCUT2D eigenvalue weighted by Crippen LogP contribution is 2.20. The SMILES string of the molecule is [2H]C([2H])(NC(=O)c1cc(NC(=O)c2cc(NC(=O)c3cc([N+](=O)[O-])cn3C)cn2C)cn1C)C([2H])([2H])[NH+]=C(N)N.[Cl-]. The molecule has 8 N–H and O–H groups in total. The number of nitrogens with two attached hydrogens (primary N) is 2. The van der Waals surface area contributed by atoms with E-state index in [2.05, 4.69) is 10.6 Å². The fourth-order valence-electron chi connectivity index (χ4n) is 3.24. The molecule has 0 aliphatic carbocycles. The van der Waals surface area contributed by atoms with E-state index in [0.717, 1.165) is 6.07 Å². The van der Waals surface area contributed by atoms with E-state index >= 15 is 0 Å². The monoisotopic (exact) mass is 538 g/mol. The number of carbonyl (C=O) groups is 3. The molecule has 3 heterocycles. The number of aryl methyl sites for hydroxylation is 3. The van der Waals surface area contributed by atoms with Crippen LogP contribution >= 0.6 is 0 Å². The number of hydrogen-bond acceptors (Lipinski definition) is 5. The van der Waals surface area contributed by atoms with Crippen LogP contribution in [-0.2, 0) is 21.1 Å². The summed E-state index contributed by atoms with van der Waals surface area (Å²) >= 11 is 0. The number of nitro groups is 1. The Balaban J connectivity index is 0.00000588. The highest BCUT2D eigenvalue weighted by Gasteiger charge is 2.20. The van der Waals surface area contributed by atoms with Crippen LogP contribution in [0.1, 0.15) is 36.9 Å². The third-order valence-electron chi connectivity index (χ3n) is 4.87. The molecular formula is C21H27ClN10O5. The Morgan fingerprint density at radius 3 is 1.84 bits per heavy atom. The van der Waals surface area contributed by atoms with Gasteiger partial charge in [0, 0.05) is 46.1 Å². The maximum absolute atomic E-state index is 12.9. The first-order valence-corrected chi connectivity index (χ1v) is 10.2. The molecule has 0 atom stereocenters. The predicted octanol–water partition coefficient (Wildman–Crippen LogP) is -4.80. The number of halogens is 1. The summed E-state index contributed by atoms with van der Waals surface area (Å²) in [7, 11) is 4.50. The molecule has 0 saturated carbocycles. The van der Waals surface area contributed by atoms with Crippen molar-refractivity contribution in [1.29, 1.82) is 0 Å². The number of anilines is 2. The van der Waals surface area contributed by atoms with Gasteiger partial charge in [-0.25, -0.2) is 0 Å². The van der Waals surface area contributed by atoms with Crippen LogP contribution in [0.3, 0.4) is 0 Å². The normalized spacial score (nSPS) is 12.6. The summed E-state index contributed by atoms with van der Waals surface area (Å²) in [5, 5.41) is 18.1. The lowest BCUT2D eigenvalue weighted by molar-refractivity contribution is -0.456. The molecule has 0 spiro atoms. The van der Waals surface area contributed by atoms with E-state index in [9.17, 15) is 24.5 Å². The smallest absolute Gasteiger partial charge is 0.338 e. The number of guanidine groups is 1. The number of nitrogens with one attached hydrogen (secondary N) is 4. The largest absolute Gasteiger partial charge is 1.00 e. The third kappa shape index (κ3) is 6.88. The van der Waals surface area contributed by atoms with Gasteiger partial charge in [-0.15, -0.1) is 0 Å². The fraction of sp³-hybridized carbons (Fsp3) is 0.238. The summed E-state index contributed by atoms with van der Waals surface area (Å²) in [5.74, 6) is -2.81. The van der Waals surface area contributed by atoms with Gasteiger partial charge in [-0.3, -0.25) is 41.0 Å². The van der Waals surface area contributed by atoms with Gasteiger partial charge >= 0.3 is 5.96 Å². The van der Waals surface area contributed by atoms with Crippen LogP contribution in [0, 0.1) is 10.1 Å². The first-order valence-electron chi connectivity index (χ1n) is 12.2. The molecule has 0 saturated heterocycles. The summed E-state index contributed by atoms with van der Waals surface area (Å²) in [6.07, 6.45) is 4.04.